The summed E-state index contributed by atoms with van der Waals surface area (Å²) in [6.07, 6.45) is 1.52. The molecule has 0 spiro atoms. The number of para-hydroxylation sites is 2. The van der Waals surface area contributed by atoms with Crippen molar-refractivity contribution in [3.8, 4) is 5.75 Å². The molecule has 2 amide bonds. The Labute approximate surface area is 170 Å². The van der Waals surface area contributed by atoms with Crippen LogP contribution in [0.4, 0.5) is 11.4 Å². The van der Waals surface area contributed by atoms with Crippen molar-refractivity contribution in [2.75, 3.05) is 29.0 Å². The average molecular weight is 420 g/mol. The molecule has 2 rings (SSSR count). The Balaban J connectivity index is 2.03. The van der Waals surface area contributed by atoms with E-state index in [4.69, 9.17) is 10.5 Å². The van der Waals surface area contributed by atoms with Crippen molar-refractivity contribution in [2.24, 2.45) is 5.73 Å². The number of anilines is 2. The summed E-state index contributed by atoms with van der Waals surface area (Å²) in [5.74, 6) is -0.413. The number of primary amides is 1. The van der Waals surface area contributed by atoms with E-state index >= 15 is 0 Å². The van der Waals surface area contributed by atoms with Crippen molar-refractivity contribution >= 4 is 33.2 Å². The van der Waals surface area contributed by atoms with Crippen LogP contribution in [0.25, 0.3) is 0 Å². The molecule has 2 aromatic carbocycles. The number of amides is 2. The van der Waals surface area contributed by atoms with Crippen LogP contribution in [0.15, 0.2) is 48.5 Å². The van der Waals surface area contributed by atoms with Crippen LogP contribution in [0.1, 0.15) is 30.1 Å². The number of benzene rings is 2. The summed E-state index contributed by atoms with van der Waals surface area (Å²) in [6.45, 7) is 2.35. The second kappa shape index (κ2) is 9.92. The molecule has 0 saturated carbocycles. The van der Waals surface area contributed by atoms with Gasteiger partial charge in [-0.25, -0.2) is 8.42 Å². The summed E-state index contributed by atoms with van der Waals surface area (Å²) < 4.78 is 31.3. The van der Waals surface area contributed by atoms with Gasteiger partial charge >= 0.3 is 0 Å². The van der Waals surface area contributed by atoms with Crippen molar-refractivity contribution < 1.29 is 22.7 Å². The molecule has 0 bridgehead atoms. The quantitative estimate of drug-likeness (QED) is 0.613. The molecule has 3 N–H and O–H groups in total. The molecule has 29 heavy (non-hydrogen) atoms. The molecular weight excluding hydrogens is 394 g/mol. The first-order chi connectivity index (χ1) is 13.7. The van der Waals surface area contributed by atoms with E-state index in [0.717, 1.165) is 6.26 Å². The molecule has 0 heterocycles. The van der Waals surface area contributed by atoms with Crippen molar-refractivity contribution in [2.45, 2.75) is 19.8 Å². The fourth-order valence-electron chi connectivity index (χ4n) is 2.76. The maximum Gasteiger partial charge on any atom is 0.248 e. The lowest BCUT2D eigenvalue weighted by atomic mass is 10.2. The van der Waals surface area contributed by atoms with Gasteiger partial charge in [-0.15, -0.1) is 0 Å². The molecule has 8 nitrogen and oxygen atoms in total. The van der Waals surface area contributed by atoms with Crippen LogP contribution in [-0.2, 0) is 14.8 Å². The second-order valence-electron chi connectivity index (χ2n) is 6.33. The number of carbonyl (C=O) groups is 2. The van der Waals surface area contributed by atoms with Crippen LogP contribution >= 0.6 is 0 Å². The van der Waals surface area contributed by atoms with E-state index in [2.05, 4.69) is 5.32 Å². The zero-order valence-electron chi connectivity index (χ0n) is 16.4. The van der Waals surface area contributed by atoms with E-state index in [9.17, 15) is 18.0 Å². The lowest BCUT2D eigenvalue weighted by molar-refractivity contribution is -0.116. The Morgan fingerprint density at radius 1 is 1.14 bits per heavy atom. The summed E-state index contributed by atoms with van der Waals surface area (Å²) in [4.78, 5) is 23.4. The predicted molar refractivity (Wildman–Crippen MR) is 113 cm³/mol. The number of rotatable bonds is 10. The Kier molecular flexibility index (Phi) is 7.60. The number of sulfonamides is 1. The minimum atomic E-state index is -3.56. The normalized spacial score (nSPS) is 11.0. The molecule has 0 saturated heterocycles. The van der Waals surface area contributed by atoms with E-state index in [1.807, 2.05) is 6.92 Å². The van der Waals surface area contributed by atoms with Crippen LogP contribution in [0.3, 0.4) is 0 Å². The van der Waals surface area contributed by atoms with Crippen molar-refractivity contribution in [3.05, 3.63) is 54.1 Å². The number of hydrogen-bond acceptors (Lipinski definition) is 5. The largest absolute Gasteiger partial charge is 0.492 e. The molecule has 0 atom stereocenters. The fourth-order valence-corrected chi connectivity index (χ4v) is 3.73. The number of ether oxygens (including phenoxy) is 1. The number of hydrogen-bond donors (Lipinski definition) is 2. The molecular formula is C20H25N3O5S. The minimum Gasteiger partial charge on any atom is -0.492 e. The maximum atomic E-state index is 12.3. The molecule has 0 unspecified atom stereocenters. The summed E-state index contributed by atoms with van der Waals surface area (Å²) in [7, 11) is -3.56. The molecule has 9 heteroatoms. The van der Waals surface area contributed by atoms with E-state index in [1.54, 1.807) is 42.5 Å². The third-order valence-electron chi connectivity index (χ3n) is 4.03. The molecule has 0 radical (unpaired) electrons. The lowest BCUT2D eigenvalue weighted by Crippen LogP contribution is -2.31. The SMILES string of the molecule is CCOc1ccccc1N(CCCC(=O)Nc1cccc(C(N)=O)c1)S(C)(=O)=O. The number of nitrogens with two attached hydrogens (primary N) is 1. The zero-order chi connectivity index (χ0) is 21.4. The van der Waals surface area contributed by atoms with E-state index < -0.39 is 15.9 Å². The third-order valence-corrected chi connectivity index (χ3v) is 5.21. The van der Waals surface area contributed by atoms with Gasteiger partial charge < -0.3 is 15.8 Å². The Hall–Kier alpha value is -3.07. The first-order valence-corrected chi connectivity index (χ1v) is 11.0. The van der Waals surface area contributed by atoms with Gasteiger partial charge in [0, 0.05) is 24.2 Å². The van der Waals surface area contributed by atoms with Gasteiger partial charge in [-0.05, 0) is 43.7 Å². The molecule has 0 aliphatic rings. The topological polar surface area (TPSA) is 119 Å². The molecule has 0 aliphatic heterocycles. The van der Waals surface area contributed by atoms with Crippen LogP contribution in [-0.4, -0.2) is 39.6 Å². The van der Waals surface area contributed by atoms with Gasteiger partial charge in [0.15, 0.2) is 0 Å². The molecule has 0 aromatic heterocycles. The predicted octanol–water partition coefficient (Wildman–Crippen LogP) is 2.37. The summed E-state index contributed by atoms with van der Waals surface area (Å²) in [5.41, 5.74) is 6.41. The summed E-state index contributed by atoms with van der Waals surface area (Å²) >= 11 is 0. The van der Waals surface area contributed by atoms with Crippen LogP contribution in [0, 0.1) is 0 Å². The highest BCUT2D eigenvalue weighted by Crippen LogP contribution is 2.30. The van der Waals surface area contributed by atoms with E-state index in [0.29, 0.717) is 35.7 Å². The van der Waals surface area contributed by atoms with Gasteiger partial charge in [0.05, 0.1) is 18.6 Å². The summed E-state index contributed by atoms with van der Waals surface area (Å²) in [6, 6.07) is 13.2. The van der Waals surface area contributed by atoms with Gasteiger partial charge in [0.2, 0.25) is 21.8 Å². The number of carbonyl (C=O) groups excluding carboxylic acids is 2. The average Bonchev–Trinajstić information content (AvgIpc) is 2.65. The smallest absolute Gasteiger partial charge is 0.248 e. The van der Waals surface area contributed by atoms with Gasteiger partial charge in [0.25, 0.3) is 0 Å². The standard InChI is InChI=1S/C20H25N3O5S/c1-3-28-18-11-5-4-10-17(18)23(29(2,26)27)13-7-12-19(24)22-16-9-6-8-15(14-16)20(21)25/h4-6,8-11,14H,3,7,12-13H2,1-2H3,(H2,21,25)(H,22,24). The third kappa shape index (κ3) is 6.49. The van der Waals surface area contributed by atoms with Gasteiger partial charge in [-0.1, -0.05) is 18.2 Å². The van der Waals surface area contributed by atoms with Gasteiger partial charge in [-0.3, -0.25) is 13.9 Å². The molecule has 156 valence electrons. The van der Waals surface area contributed by atoms with Crippen molar-refractivity contribution in [1.29, 1.82) is 0 Å². The van der Waals surface area contributed by atoms with Crippen LogP contribution in [0.5, 0.6) is 5.75 Å². The summed E-state index contributed by atoms with van der Waals surface area (Å²) in [5, 5.41) is 2.68. The highest BCUT2D eigenvalue weighted by atomic mass is 32.2. The van der Waals surface area contributed by atoms with E-state index in [-0.39, 0.29) is 18.9 Å². The zero-order valence-corrected chi connectivity index (χ0v) is 17.2. The Morgan fingerprint density at radius 3 is 2.52 bits per heavy atom. The maximum absolute atomic E-state index is 12.3. The monoisotopic (exact) mass is 419 g/mol. The second-order valence-corrected chi connectivity index (χ2v) is 8.24. The highest BCUT2D eigenvalue weighted by Gasteiger charge is 2.21. The van der Waals surface area contributed by atoms with Crippen molar-refractivity contribution in [1.82, 2.24) is 0 Å². The minimum absolute atomic E-state index is 0.101. The van der Waals surface area contributed by atoms with Crippen molar-refractivity contribution in [3.63, 3.8) is 0 Å². The number of nitrogens with one attached hydrogen (secondary N) is 1. The van der Waals surface area contributed by atoms with Crippen LogP contribution < -0.4 is 20.1 Å². The molecule has 0 fully saturated rings. The molecule has 2 aromatic rings. The Bertz CT molecular complexity index is 976. The number of nitrogens with zero attached hydrogens (tertiary/aromatic N) is 1. The van der Waals surface area contributed by atoms with E-state index in [1.165, 1.54) is 10.4 Å². The molecule has 0 aliphatic carbocycles. The Morgan fingerprint density at radius 2 is 1.86 bits per heavy atom. The van der Waals surface area contributed by atoms with Gasteiger partial charge in [0.1, 0.15) is 5.75 Å². The van der Waals surface area contributed by atoms with Crippen LogP contribution in [0.2, 0.25) is 0 Å². The highest BCUT2D eigenvalue weighted by molar-refractivity contribution is 7.92. The first kappa shape index (κ1) is 22.2. The lowest BCUT2D eigenvalue weighted by Gasteiger charge is -2.24. The first-order valence-electron chi connectivity index (χ1n) is 9.11. The van der Waals surface area contributed by atoms with Gasteiger partial charge in [-0.2, -0.15) is 0 Å². The fraction of sp³-hybridized carbons (Fsp3) is 0.300.